The van der Waals surface area contributed by atoms with Crippen molar-refractivity contribution < 1.29 is 131 Å². The van der Waals surface area contributed by atoms with Crippen LogP contribution in [-0.2, 0) is 85.5 Å². The lowest BCUT2D eigenvalue weighted by Crippen LogP contribution is -2.61. The van der Waals surface area contributed by atoms with Crippen LogP contribution < -0.4 is 0 Å². The molecule has 6 saturated heterocycles. The molecule has 6 aliphatic heterocycles. The van der Waals surface area contributed by atoms with Crippen LogP contribution in [0.1, 0.15) is 204 Å². The van der Waals surface area contributed by atoms with E-state index in [0.29, 0.717) is 25.9 Å². The highest BCUT2D eigenvalue weighted by Crippen LogP contribution is 2.44. The van der Waals surface area contributed by atoms with Gasteiger partial charge in [0.1, 0.15) is 53.9 Å². The van der Waals surface area contributed by atoms with Crippen molar-refractivity contribution in [2.75, 3.05) is 69.6 Å². The Bertz CT molecular complexity index is 2940. The Balaban J connectivity index is 0.000000405. The molecule has 6 rings (SSSR count). The van der Waals surface area contributed by atoms with Crippen LogP contribution in [0, 0.1) is 35.5 Å². The minimum atomic E-state index is -1.85. The molecular formula is C81H150N4O27. The fraction of sp³-hybridized carbons (Fsp3) is 0.951. The number of likely N-dealkylation sites (N-methyl/N-ethyl adjacent to an activating group) is 4. The molecule has 31 heteroatoms. The van der Waals surface area contributed by atoms with Crippen LogP contribution in [-0.4, -0.2) is 346 Å². The number of methoxy groups -OCH3 is 2. The molecule has 0 radical (unpaired) electrons. The third kappa shape index (κ3) is 24.2. The zero-order valence-electron chi connectivity index (χ0n) is 73.1. The van der Waals surface area contributed by atoms with E-state index in [9.17, 15) is 65.1 Å². The molecule has 0 aromatic carbocycles. The Labute approximate surface area is 667 Å². The summed E-state index contributed by atoms with van der Waals surface area (Å²) in [5.41, 5.74) is -8.99. The SMILES string of the molecule is CC[C@H]1OC(=O)[C@H](C)[C@@H](O[C@H]2C[C@@](C)(OC)[C@@H](O)[C@H](C)O2)[C@H](C)[C@@H](O[C@@H]2O[C@H](C)C[C@H](N(C)C)[C@H]2O)[C@](C)(O)C[C@@H](C)CN(C)[C@H](C)[C@@H](O)[C@]1(C)O.CC[C@H]1OC(=O)[C@H](C)[C@@H](O[C@H]2C[C@@](C)(OC)[C@@H](O)[C@H](C)O2)[C@H](C)[C@@H](O[C@@H]2O[C@H](C)C[C@H](N(C)C)[C@H]2OC(=O)[C@@H](C)OC(C)=O)[C@](C)(O)C[C@@H](C)CN(C)[C@H](C)[C@@H](O)[C@]1(C)O. The number of ether oxygens (including phenoxy) is 14. The van der Waals surface area contributed by atoms with Crippen LogP contribution in [0.2, 0.25) is 0 Å². The van der Waals surface area contributed by atoms with Crippen LogP contribution in [0.4, 0.5) is 0 Å². The van der Waals surface area contributed by atoms with Gasteiger partial charge >= 0.3 is 23.9 Å². The standard InChI is InChI=1S/C43H78N2O15.C38H72N2O12/c1-17-31-43(12,52)35(47)26(6)45(15)21-22(2)19-41(10,51)37(60-40-34(30(44(13)14)18-23(3)54-40)59-39(50)28(8)55-29(9)46)24(4)33(25(5)38(49)57-31)58-32-20-42(11,53-16)36(48)27(7)56-32;1-15-27-38(10,46)31(42)24(6)40(13)19-20(2)17-36(8,45)33(52-35-29(41)26(39(11)12)16-21(3)48-35)22(4)30(23(5)34(44)50-27)51-28-18-37(9,47-14)32(43)25(7)49-28/h22-28,30-37,40,47-48,51-52H,17-21H2,1-16H3;20-33,35,41-43,45-46H,15-19H2,1-14H3/t22-,23-,24+,25-,26-,27+,28-,30+,31-,32+,33+,34-,35-,36+,37-,40+,41-,42-,43-;20-,21-,22+,23-,24-,25+,26+,27-,28+,29-,30+,31-,32+,33-,35+,36-,37-,38-/m11/s1. The lowest BCUT2D eigenvalue weighted by atomic mass is 9.77. The minimum absolute atomic E-state index is 0.0773. The summed E-state index contributed by atoms with van der Waals surface area (Å²) >= 11 is 0. The van der Waals surface area contributed by atoms with E-state index in [1.807, 2.05) is 96.5 Å². The maximum Gasteiger partial charge on any atom is 0.347 e. The van der Waals surface area contributed by atoms with Crippen LogP contribution in [0.25, 0.3) is 0 Å². The van der Waals surface area contributed by atoms with Crippen molar-refractivity contribution in [3.63, 3.8) is 0 Å². The third-order valence-electron chi connectivity index (χ3n) is 25.3. The van der Waals surface area contributed by atoms with Gasteiger partial charge < -0.3 is 132 Å². The average Bonchev–Trinajstić information content (AvgIpc) is 1.04. The topological polar surface area (TPSA) is 393 Å². The molecule has 656 valence electrons. The Morgan fingerprint density at radius 2 is 0.884 bits per heavy atom. The first-order chi connectivity index (χ1) is 51.5. The average molecular weight is 1610 g/mol. The highest BCUT2D eigenvalue weighted by atomic mass is 16.7. The fourth-order valence-corrected chi connectivity index (χ4v) is 18.1. The van der Waals surface area contributed by atoms with Gasteiger partial charge in [-0.2, -0.15) is 0 Å². The van der Waals surface area contributed by atoms with Crippen LogP contribution in [0.5, 0.6) is 0 Å². The number of aliphatic hydroxyl groups excluding tert-OH is 5. The van der Waals surface area contributed by atoms with Crippen molar-refractivity contribution in [3.05, 3.63) is 0 Å². The molecule has 6 fully saturated rings. The van der Waals surface area contributed by atoms with Crippen molar-refractivity contribution in [1.82, 2.24) is 19.6 Å². The Kier molecular flexibility index (Phi) is 36.3. The van der Waals surface area contributed by atoms with E-state index >= 15 is 0 Å². The molecule has 37 atom stereocenters. The number of hydrogen-bond acceptors (Lipinski definition) is 31. The van der Waals surface area contributed by atoms with E-state index in [-0.39, 0.29) is 68.6 Å². The zero-order chi connectivity index (χ0) is 85.5. The summed E-state index contributed by atoms with van der Waals surface area (Å²) in [6.45, 7) is 38.3. The molecule has 0 aliphatic carbocycles. The van der Waals surface area contributed by atoms with Gasteiger partial charge in [-0.1, -0.05) is 41.5 Å². The second-order valence-corrected chi connectivity index (χ2v) is 36.0. The quantitative estimate of drug-likeness (QED) is 0.0724. The van der Waals surface area contributed by atoms with E-state index in [1.54, 1.807) is 90.0 Å². The summed E-state index contributed by atoms with van der Waals surface area (Å²) < 4.78 is 86.9. The van der Waals surface area contributed by atoms with E-state index in [4.69, 9.17) is 66.3 Å². The highest BCUT2D eigenvalue weighted by molar-refractivity contribution is 5.78. The summed E-state index contributed by atoms with van der Waals surface area (Å²) in [7, 11) is 14.1. The Morgan fingerprint density at radius 3 is 1.23 bits per heavy atom. The van der Waals surface area contributed by atoms with E-state index in [2.05, 4.69) is 0 Å². The van der Waals surface area contributed by atoms with E-state index in [0.717, 1.165) is 0 Å². The summed E-state index contributed by atoms with van der Waals surface area (Å²) in [5.74, 6) is -6.97. The van der Waals surface area contributed by atoms with Gasteiger partial charge in [0.2, 0.25) is 0 Å². The second kappa shape index (κ2) is 40.8. The van der Waals surface area contributed by atoms with Crippen molar-refractivity contribution in [2.45, 2.75) is 390 Å². The Morgan fingerprint density at radius 1 is 0.527 bits per heavy atom. The zero-order valence-corrected chi connectivity index (χ0v) is 73.1. The van der Waals surface area contributed by atoms with Gasteiger partial charge in [0.25, 0.3) is 0 Å². The van der Waals surface area contributed by atoms with Crippen molar-refractivity contribution in [3.8, 4) is 0 Å². The van der Waals surface area contributed by atoms with Gasteiger partial charge in [0.05, 0.1) is 89.1 Å². The molecule has 0 saturated carbocycles. The lowest BCUT2D eigenvalue weighted by molar-refractivity contribution is -0.319. The molecule has 0 aromatic rings. The number of carbonyl (C=O) groups is 4. The van der Waals surface area contributed by atoms with Gasteiger partial charge in [0, 0.05) is 77.0 Å². The predicted molar refractivity (Wildman–Crippen MR) is 413 cm³/mol. The van der Waals surface area contributed by atoms with Gasteiger partial charge in [-0.25, -0.2) is 4.79 Å². The molecule has 6 aliphatic rings. The molecule has 112 heavy (non-hydrogen) atoms. The van der Waals surface area contributed by atoms with E-state index < -0.39 is 216 Å². The Hall–Kier alpha value is -3.04. The molecule has 0 bridgehead atoms. The molecule has 0 aromatic heterocycles. The third-order valence-corrected chi connectivity index (χ3v) is 25.3. The normalized spacial score (nSPS) is 47.1. The molecule has 0 unspecified atom stereocenters. The van der Waals surface area contributed by atoms with Gasteiger partial charge in [-0.3, -0.25) is 14.4 Å². The van der Waals surface area contributed by atoms with Crippen LogP contribution in [0.3, 0.4) is 0 Å². The van der Waals surface area contributed by atoms with Crippen molar-refractivity contribution >= 4 is 23.9 Å². The van der Waals surface area contributed by atoms with E-state index in [1.165, 1.54) is 41.9 Å². The van der Waals surface area contributed by atoms with Crippen LogP contribution >= 0.6 is 0 Å². The molecule has 6 heterocycles. The molecule has 9 N–H and O–H groups in total. The fourth-order valence-electron chi connectivity index (χ4n) is 18.1. The predicted octanol–water partition coefficient (Wildman–Crippen LogP) is 4.30. The molecular weight excluding hydrogens is 1460 g/mol. The monoisotopic (exact) mass is 1610 g/mol. The summed E-state index contributed by atoms with van der Waals surface area (Å²) in [6, 6.07) is -1.83. The number of hydrogen-bond donors (Lipinski definition) is 9. The maximum atomic E-state index is 14.4. The number of rotatable bonds is 17. The van der Waals surface area contributed by atoms with Crippen LogP contribution in [0.15, 0.2) is 0 Å². The first-order valence-corrected chi connectivity index (χ1v) is 40.7. The van der Waals surface area contributed by atoms with Gasteiger partial charge in [0.15, 0.2) is 37.4 Å². The number of carbonyl (C=O) groups excluding carboxylic acids is 4. The smallest absolute Gasteiger partial charge is 0.347 e. The molecule has 0 spiro atoms. The maximum absolute atomic E-state index is 14.4. The minimum Gasteiger partial charge on any atom is -0.459 e. The first kappa shape index (κ1) is 99.5. The number of esters is 4. The number of cyclic esters (lactones) is 2. The number of nitrogens with zero attached hydrogens (tertiary/aromatic N) is 4. The number of aliphatic hydroxyl groups is 9. The molecule has 0 amide bonds. The summed E-state index contributed by atoms with van der Waals surface area (Å²) in [5, 5.41) is 105. The largest absolute Gasteiger partial charge is 0.459 e. The summed E-state index contributed by atoms with van der Waals surface area (Å²) in [6.07, 6.45) is -18.7. The summed E-state index contributed by atoms with van der Waals surface area (Å²) in [4.78, 5) is 61.4. The second-order valence-electron chi connectivity index (χ2n) is 36.0. The van der Waals surface area contributed by atoms with Gasteiger partial charge in [-0.05, 0) is 197 Å². The lowest BCUT2D eigenvalue weighted by Gasteiger charge is -2.49. The van der Waals surface area contributed by atoms with Gasteiger partial charge in [-0.15, -0.1) is 0 Å². The first-order valence-electron chi connectivity index (χ1n) is 40.7. The van der Waals surface area contributed by atoms with Crippen molar-refractivity contribution in [2.24, 2.45) is 35.5 Å². The molecule has 31 nitrogen and oxygen atoms in total. The van der Waals surface area contributed by atoms with Crippen molar-refractivity contribution in [1.29, 1.82) is 0 Å². The highest BCUT2D eigenvalue weighted by Gasteiger charge is 2.57.